The van der Waals surface area contributed by atoms with Crippen molar-refractivity contribution >= 4 is 17.9 Å². The minimum atomic E-state index is -0.790. The zero-order valence-electron chi connectivity index (χ0n) is 50.4. The fraction of sp³-hybridized carbons (Fsp3) is 0.704. The first kappa shape index (κ1) is 73.1. The molecule has 0 saturated heterocycles. The minimum absolute atomic E-state index is 0.0862. The molecule has 0 rings (SSSR count). The first-order chi connectivity index (χ1) is 38.0. The van der Waals surface area contributed by atoms with Crippen LogP contribution in [0.2, 0.25) is 0 Å². The molecule has 0 amide bonds. The van der Waals surface area contributed by atoms with Crippen molar-refractivity contribution in [2.24, 2.45) is 0 Å². The lowest BCUT2D eigenvalue weighted by atomic mass is 10.0. The Kier molecular flexibility index (Phi) is 61.3. The van der Waals surface area contributed by atoms with Crippen LogP contribution in [0.25, 0.3) is 0 Å². The van der Waals surface area contributed by atoms with E-state index in [0.29, 0.717) is 19.3 Å². The monoisotopic (exact) mass is 1070 g/mol. The van der Waals surface area contributed by atoms with Gasteiger partial charge in [0.25, 0.3) is 0 Å². The van der Waals surface area contributed by atoms with Gasteiger partial charge in [-0.2, -0.15) is 0 Å². The number of ether oxygens (including phenoxy) is 3. The van der Waals surface area contributed by atoms with E-state index in [1.165, 1.54) is 141 Å². The number of esters is 3. The van der Waals surface area contributed by atoms with Crippen molar-refractivity contribution in [3.05, 3.63) is 109 Å². The average molecular weight is 1070 g/mol. The molecule has 1 unspecified atom stereocenters. The van der Waals surface area contributed by atoms with Crippen LogP contribution >= 0.6 is 0 Å². The highest BCUT2D eigenvalue weighted by molar-refractivity contribution is 5.71. The van der Waals surface area contributed by atoms with E-state index in [1.54, 1.807) is 0 Å². The van der Waals surface area contributed by atoms with Crippen LogP contribution < -0.4 is 0 Å². The van der Waals surface area contributed by atoms with Crippen molar-refractivity contribution in [3.8, 4) is 0 Å². The van der Waals surface area contributed by atoms with Crippen LogP contribution in [0, 0.1) is 0 Å². The molecule has 0 aliphatic carbocycles. The average Bonchev–Trinajstić information content (AvgIpc) is 3.43. The van der Waals surface area contributed by atoms with Gasteiger partial charge in [-0.05, 0) is 122 Å². The molecule has 0 spiro atoms. The smallest absolute Gasteiger partial charge is 0.306 e. The highest BCUT2D eigenvalue weighted by Gasteiger charge is 2.19. The van der Waals surface area contributed by atoms with Gasteiger partial charge in [0.05, 0.1) is 0 Å². The van der Waals surface area contributed by atoms with Gasteiger partial charge in [-0.1, -0.05) is 271 Å². The van der Waals surface area contributed by atoms with E-state index in [1.807, 2.05) is 0 Å². The summed E-state index contributed by atoms with van der Waals surface area (Å²) >= 11 is 0. The number of unbranched alkanes of at least 4 members (excludes halogenated alkanes) is 29. The number of allylic oxidation sites excluding steroid dienone is 18. The van der Waals surface area contributed by atoms with Crippen LogP contribution in [0.3, 0.4) is 0 Å². The minimum Gasteiger partial charge on any atom is -0.462 e. The third kappa shape index (κ3) is 62.8. The molecular weight excluding hydrogens is 949 g/mol. The van der Waals surface area contributed by atoms with E-state index >= 15 is 0 Å². The van der Waals surface area contributed by atoms with Crippen LogP contribution in [0.1, 0.15) is 303 Å². The molecule has 1 atom stereocenters. The molecule has 0 aromatic rings. The molecular formula is C71H120O6. The van der Waals surface area contributed by atoms with Gasteiger partial charge in [0.2, 0.25) is 0 Å². The zero-order chi connectivity index (χ0) is 55.7. The second-order valence-electron chi connectivity index (χ2n) is 21.3. The van der Waals surface area contributed by atoms with Crippen molar-refractivity contribution in [3.63, 3.8) is 0 Å². The highest BCUT2D eigenvalue weighted by Crippen LogP contribution is 2.16. The van der Waals surface area contributed by atoms with Gasteiger partial charge < -0.3 is 14.2 Å². The Labute approximate surface area is 476 Å². The topological polar surface area (TPSA) is 78.9 Å². The molecule has 77 heavy (non-hydrogen) atoms. The molecule has 6 nitrogen and oxygen atoms in total. The Morgan fingerprint density at radius 1 is 0.273 bits per heavy atom. The lowest BCUT2D eigenvalue weighted by Gasteiger charge is -2.18. The van der Waals surface area contributed by atoms with Gasteiger partial charge in [-0.3, -0.25) is 14.4 Å². The fourth-order valence-corrected chi connectivity index (χ4v) is 8.87. The van der Waals surface area contributed by atoms with E-state index in [2.05, 4.69) is 130 Å². The third-order valence-corrected chi connectivity index (χ3v) is 13.7. The second kappa shape index (κ2) is 64.6. The van der Waals surface area contributed by atoms with Gasteiger partial charge >= 0.3 is 17.9 Å². The predicted octanol–water partition coefficient (Wildman–Crippen LogP) is 22.2. The largest absolute Gasteiger partial charge is 0.462 e. The number of carbonyl (C=O) groups excluding carboxylic acids is 3. The van der Waals surface area contributed by atoms with Crippen molar-refractivity contribution in [2.75, 3.05) is 13.2 Å². The number of rotatable bonds is 58. The summed E-state index contributed by atoms with van der Waals surface area (Å²) in [5, 5.41) is 0. The molecule has 6 heteroatoms. The first-order valence-electron chi connectivity index (χ1n) is 32.4. The molecule has 440 valence electrons. The molecule has 0 saturated carbocycles. The summed E-state index contributed by atoms with van der Waals surface area (Å²) in [5.74, 6) is -0.903. The quantitative estimate of drug-likeness (QED) is 0.0261. The van der Waals surface area contributed by atoms with Gasteiger partial charge in [0.1, 0.15) is 13.2 Å². The molecule has 0 aromatic heterocycles. The summed E-state index contributed by atoms with van der Waals surface area (Å²) in [5.41, 5.74) is 0. The van der Waals surface area contributed by atoms with Crippen molar-refractivity contribution in [1.29, 1.82) is 0 Å². The van der Waals surface area contributed by atoms with Gasteiger partial charge in [-0.15, -0.1) is 0 Å². The molecule has 0 aromatic carbocycles. The molecule has 0 fully saturated rings. The Hall–Kier alpha value is -3.93. The maximum atomic E-state index is 12.9. The summed E-state index contributed by atoms with van der Waals surface area (Å²) in [7, 11) is 0. The lowest BCUT2D eigenvalue weighted by Crippen LogP contribution is -2.30. The highest BCUT2D eigenvalue weighted by atomic mass is 16.6. The van der Waals surface area contributed by atoms with E-state index in [9.17, 15) is 14.4 Å². The zero-order valence-corrected chi connectivity index (χ0v) is 50.4. The van der Waals surface area contributed by atoms with Crippen LogP contribution in [-0.4, -0.2) is 37.2 Å². The normalized spacial score (nSPS) is 12.8. The SMILES string of the molecule is CC/C=C\C/C=C\C/C=C\C/C=C\C/C=C\CCCCCCCCCCCCCCCC(=O)OCC(COC(=O)CCCCCCC/C=C\CCCC)OC(=O)CCCCCCCC/C=C\C/C=C\C/C=C\CCCCC. The maximum absolute atomic E-state index is 12.9. The van der Waals surface area contributed by atoms with E-state index < -0.39 is 6.10 Å². The first-order valence-corrected chi connectivity index (χ1v) is 32.4. The molecule has 0 radical (unpaired) electrons. The van der Waals surface area contributed by atoms with E-state index in [0.717, 1.165) is 122 Å². The summed E-state index contributed by atoms with van der Waals surface area (Å²) in [4.78, 5) is 38.3. The van der Waals surface area contributed by atoms with Crippen LogP contribution in [0.5, 0.6) is 0 Å². The number of hydrogen-bond donors (Lipinski definition) is 0. The summed E-state index contributed by atoms with van der Waals surface area (Å²) in [6, 6.07) is 0. The van der Waals surface area contributed by atoms with E-state index in [4.69, 9.17) is 14.2 Å². The Balaban J connectivity index is 4.25. The van der Waals surface area contributed by atoms with Gasteiger partial charge in [0.15, 0.2) is 6.10 Å². The van der Waals surface area contributed by atoms with Crippen molar-refractivity contribution in [2.45, 2.75) is 309 Å². The van der Waals surface area contributed by atoms with Crippen molar-refractivity contribution < 1.29 is 28.6 Å². The maximum Gasteiger partial charge on any atom is 0.306 e. The number of hydrogen-bond acceptors (Lipinski definition) is 6. The molecule has 0 aliphatic heterocycles. The van der Waals surface area contributed by atoms with Gasteiger partial charge in [0, 0.05) is 19.3 Å². The summed E-state index contributed by atoms with van der Waals surface area (Å²) in [6.07, 6.45) is 88.1. The van der Waals surface area contributed by atoms with Gasteiger partial charge in [-0.25, -0.2) is 0 Å². The summed E-state index contributed by atoms with van der Waals surface area (Å²) in [6.45, 7) is 6.46. The van der Waals surface area contributed by atoms with Crippen molar-refractivity contribution in [1.82, 2.24) is 0 Å². The Morgan fingerprint density at radius 3 is 0.844 bits per heavy atom. The summed E-state index contributed by atoms with van der Waals surface area (Å²) < 4.78 is 16.9. The molecule has 0 aliphatic rings. The molecule has 0 heterocycles. The predicted molar refractivity (Wildman–Crippen MR) is 334 cm³/mol. The Morgan fingerprint density at radius 2 is 0.519 bits per heavy atom. The molecule has 0 N–H and O–H groups in total. The second-order valence-corrected chi connectivity index (χ2v) is 21.3. The third-order valence-electron chi connectivity index (χ3n) is 13.7. The van der Waals surface area contributed by atoms with E-state index in [-0.39, 0.29) is 31.1 Å². The Bertz CT molecular complexity index is 1560. The molecule has 0 bridgehead atoms. The lowest BCUT2D eigenvalue weighted by molar-refractivity contribution is -0.167. The number of carbonyl (C=O) groups is 3. The fourth-order valence-electron chi connectivity index (χ4n) is 8.87. The van der Waals surface area contributed by atoms with Crippen LogP contribution in [-0.2, 0) is 28.6 Å². The van der Waals surface area contributed by atoms with Crippen LogP contribution in [0.15, 0.2) is 109 Å². The van der Waals surface area contributed by atoms with Crippen LogP contribution in [0.4, 0.5) is 0 Å². The standard InChI is InChI=1S/C71H120O6/c1-4-7-10-13-16-19-22-24-26-28-30-31-32-33-34-35-36-37-38-39-41-42-44-46-49-52-55-58-61-64-70(73)76-67-68(66-75-69(72)63-60-57-54-51-48-21-18-15-12-9-6-3)77-71(74)65-62-59-56-53-50-47-45-43-40-29-27-25-23-20-17-14-11-8-5-2/h7,10,15-20,24-27,30-31,33-34,40,43,68H,4-6,8-9,11-14,21-23,28-29,32,35-39,41-42,44-67H2,1-3H3/b10-7-,18-15-,19-16-,20-17-,26-24-,27-25-,31-30-,34-33-,43-40-.